The molecule has 1 aromatic rings. The van der Waals surface area contributed by atoms with E-state index in [0.29, 0.717) is 6.42 Å². The number of benzene rings is 1. The summed E-state index contributed by atoms with van der Waals surface area (Å²) in [5, 5.41) is 9.97. The fourth-order valence-corrected chi connectivity index (χ4v) is 1.96. The van der Waals surface area contributed by atoms with Crippen LogP contribution in [0.4, 0.5) is 8.78 Å². The van der Waals surface area contributed by atoms with E-state index in [1.165, 1.54) is 0 Å². The molecule has 1 rings (SSSR count). The van der Waals surface area contributed by atoms with Crippen LogP contribution in [0.3, 0.4) is 0 Å². The van der Waals surface area contributed by atoms with Crippen LogP contribution in [0.15, 0.2) is 43.0 Å². The van der Waals surface area contributed by atoms with Crippen molar-refractivity contribution < 1.29 is 13.9 Å². The Morgan fingerprint density at radius 2 is 1.78 bits per heavy atom. The van der Waals surface area contributed by atoms with E-state index in [4.69, 9.17) is 0 Å². The first-order chi connectivity index (χ1) is 8.63. The third kappa shape index (κ3) is 5.41. The van der Waals surface area contributed by atoms with Crippen LogP contribution in [0.5, 0.6) is 0 Å². The van der Waals surface area contributed by atoms with Gasteiger partial charge >= 0.3 is 0 Å². The maximum atomic E-state index is 12.1. The summed E-state index contributed by atoms with van der Waals surface area (Å²) in [4.78, 5) is 0. The Balaban J connectivity index is 2.37. The van der Waals surface area contributed by atoms with E-state index < -0.39 is 12.5 Å². The molecule has 1 aromatic carbocycles. The van der Waals surface area contributed by atoms with E-state index in [1.807, 2.05) is 30.3 Å². The summed E-state index contributed by atoms with van der Waals surface area (Å²) in [5.41, 5.74) is 1.15. The molecule has 100 valence electrons. The van der Waals surface area contributed by atoms with Gasteiger partial charge < -0.3 is 5.11 Å². The summed E-state index contributed by atoms with van der Waals surface area (Å²) >= 11 is 0. The van der Waals surface area contributed by atoms with Crippen LogP contribution in [0.25, 0.3) is 0 Å². The molecule has 0 spiro atoms. The third-order valence-corrected chi connectivity index (χ3v) is 3.09. The van der Waals surface area contributed by atoms with Gasteiger partial charge in [-0.2, -0.15) is 0 Å². The summed E-state index contributed by atoms with van der Waals surface area (Å²) in [6.45, 7) is 3.61. The topological polar surface area (TPSA) is 20.2 Å². The Morgan fingerprint density at radius 3 is 2.33 bits per heavy atom. The molecule has 0 aliphatic carbocycles. The highest BCUT2D eigenvalue weighted by Gasteiger charge is 2.17. The van der Waals surface area contributed by atoms with Gasteiger partial charge in [-0.25, -0.2) is 8.78 Å². The van der Waals surface area contributed by atoms with Crippen molar-refractivity contribution in [3.05, 3.63) is 48.6 Å². The summed E-state index contributed by atoms with van der Waals surface area (Å²) < 4.78 is 24.3. The number of aliphatic hydroxyl groups is 1. The number of aryl methyl sites for hydroxylation is 1. The Kier molecular flexibility index (Phi) is 6.58. The number of hydrogen-bond acceptors (Lipinski definition) is 1. The Bertz CT molecular complexity index is 338. The van der Waals surface area contributed by atoms with E-state index in [0.717, 1.165) is 12.0 Å². The van der Waals surface area contributed by atoms with Gasteiger partial charge in [0.05, 0.1) is 6.10 Å². The van der Waals surface area contributed by atoms with Crippen molar-refractivity contribution in [2.45, 2.75) is 38.2 Å². The van der Waals surface area contributed by atoms with Crippen molar-refractivity contribution >= 4 is 0 Å². The molecule has 18 heavy (non-hydrogen) atoms. The molecule has 1 nitrogen and oxygen atoms in total. The van der Waals surface area contributed by atoms with E-state index in [2.05, 4.69) is 6.58 Å². The van der Waals surface area contributed by atoms with Gasteiger partial charge in [-0.05, 0) is 24.8 Å². The zero-order valence-electron chi connectivity index (χ0n) is 10.4. The van der Waals surface area contributed by atoms with E-state index in [-0.39, 0.29) is 18.8 Å². The predicted octanol–water partition coefficient (Wildman–Crippen LogP) is 3.83. The highest BCUT2D eigenvalue weighted by atomic mass is 19.3. The monoisotopic (exact) mass is 254 g/mol. The van der Waals surface area contributed by atoms with Crippen LogP contribution in [0, 0.1) is 5.92 Å². The molecule has 0 bridgehead atoms. The van der Waals surface area contributed by atoms with Crippen LogP contribution in [0.2, 0.25) is 0 Å². The molecule has 2 atom stereocenters. The first-order valence-corrected chi connectivity index (χ1v) is 6.26. The van der Waals surface area contributed by atoms with Gasteiger partial charge in [0.2, 0.25) is 6.43 Å². The first-order valence-electron chi connectivity index (χ1n) is 6.26. The Hall–Kier alpha value is -1.22. The molecular formula is C15H20F2O. The van der Waals surface area contributed by atoms with E-state index in [9.17, 15) is 13.9 Å². The average Bonchev–Trinajstić information content (AvgIpc) is 2.38. The first kappa shape index (κ1) is 14.8. The fraction of sp³-hybridized carbons (Fsp3) is 0.467. The summed E-state index contributed by atoms with van der Waals surface area (Å²) in [6, 6.07) is 9.83. The molecule has 0 heterocycles. The second kappa shape index (κ2) is 7.98. The highest BCUT2D eigenvalue weighted by Crippen LogP contribution is 2.19. The lowest BCUT2D eigenvalue weighted by molar-refractivity contribution is 0.0894. The zero-order valence-corrected chi connectivity index (χ0v) is 10.4. The molecule has 3 heteroatoms. The number of rotatable bonds is 8. The van der Waals surface area contributed by atoms with Gasteiger partial charge in [0.25, 0.3) is 0 Å². The number of halogens is 2. The van der Waals surface area contributed by atoms with Crippen molar-refractivity contribution in [1.82, 2.24) is 0 Å². The Labute approximate surface area is 107 Å². The van der Waals surface area contributed by atoms with Gasteiger partial charge in [0.1, 0.15) is 0 Å². The predicted molar refractivity (Wildman–Crippen MR) is 69.7 cm³/mol. The second-order valence-electron chi connectivity index (χ2n) is 4.46. The van der Waals surface area contributed by atoms with Gasteiger partial charge in [-0.3, -0.25) is 0 Å². The van der Waals surface area contributed by atoms with Crippen molar-refractivity contribution in [3.63, 3.8) is 0 Å². The van der Waals surface area contributed by atoms with Gasteiger partial charge in [-0.15, -0.1) is 6.58 Å². The molecule has 0 radical (unpaired) electrons. The van der Waals surface area contributed by atoms with Gasteiger partial charge in [0, 0.05) is 12.3 Å². The molecule has 0 aliphatic heterocycles. The lowest BCUT2D eigenvalue weighted by Gasteiger charge is -2.19. The second-order valence-corrected chi connectivity index (χ2v) is 4.46. The normalized spacial score (nSPS) is 14.4. The van der Waals surface area contributed by atoms with Crippen molar-refractivity contribution in [1.29, 1.82) is 0 Å². The molecule has 1 N–H and O–H groups in total. The third-order valence-electron chi connectivity index (χ3n) is 3.09. The summed E-state index contributed by atoms with van der Waals surface area (Å²) in [5.74, 6) is -0.247. The van der Waals surface area contributed by atoms with Crippen LogP contribution >= 0.6 is 0 Å². The van der Waals surface area contributed by atoms with Crippen LogP contribution in [-0.4, -0.2) is 17.6 Å². The Morgan fingerprint density at radius 1 is 1.11 bits per heavy atom. The van der Waals surface area contributed by atoms with E-state index in [1.54, 1.807) is 6.08 Å². The van der Waals surface area contributed by atoms with Crippen LogP contribution in [-0.2, 0) is 6.42 Å². The largest absolute Gasteiger partial charge is 0.393 e. The maximum absolute atomic E-state index is 12.1. The number of aliphatic hydroxyl groups excluding tert-OH is 1. The van der Waals surface area contributed by atoms with Crippen molar-refractivity contribution in [3.8, 4) is 0 Å². The smallest absolute Gasteiger partial charge is 0.238 e. The molecule has 0 amide bonds. The van der Waals surface area contributed by atoms with Gasteiger partial charge in [-0.1, -0.05) is 36.4 Å². The summed E-state index contributed by atoms with van der Waals surface area (Å²) in [6.07, 6.45) is 0.106. The molecule has 0 aromatic heterocycles. The lowest BCUT2D eigenvalue weighted by Crippen LogP contribution is -2.20. The minimum absolute atomic E-state index is 0.181. The zero-order chi connectivity index (χ0) is 13.4. The molecule has 0 saturated carbocycles. The number of alkyl halides is 2. The molecule has 0 fully saturated rings. The maximum Gasteiger partial charge on any atom is 0.238 e. The van der Waals surface area contributed by atoms with Crippen LogP contribution < -0.4 is 0 Å². The highest BCUT2D eigenvalue weighted by molar-refractivity contribution is 5.14. The quantitative estimate of drug-likeness (QED) is 0.699. The SMILES string of the molecule is C=C[C@@H](CCC(F)F)[C@@H](O)CCc1ccccc1. The fourth-order valence-electron chi connectivity index (χ4n) is 1.96. The van der Waals surface area contributed by atoms with Crippen LogP contribution in [0.1, 0.15) is 24.8 Å². The average molecular weight is 254 g/mol. The van der Waals surface area contributed by atoms with Gasteiger partial charge in [0.15, 0.2) is 0 Å². The van der Waals surface area contributed by atoms with Crippen molar-refractivity contribution in [2.24, 2.45) is 5.92 Å². The molecule has 0 aliphatic rings. The lowest BCUT2D eigenvalue weighted by atomic mass is 9.92. The standard InChI is InChI=1S/C15H20F2O/c1-2-13(9-11-15(16)17)14(18)10-8-12-6-4-3-5-7-12/h2-7,13-15,18H,1,8-11H2/t13-,14-/m0/s1. The van der Waals surface area contributed by atoms with E-state index >= 15 is 0 Å². The minimum Gasteiger partial charge on any atom is -0.393 e. The molecular weight excluding hydrogens is 234 g/mol. The minimum atomic E-state index is -2.31. The van der Waals surface area contributed by atoms with Crippen molar-refractivity contribution in [2.75, 3.05) is 0 Å². The number of hydrogen-bond donors (Lipinski definition) is 1. The molecule has 0 saturated heterocycles. The molecule has 0 unspecified atom stereocenters. The summed E-state index contributed by atoms with van der Waals surface area (Å²) in [7, 11) is 0.